The molecule has 1 unspecified atom stereocenters. The maximum absolute atomic E-state index is 14.1. The van der Waals surface area contributed by atoms with Gasteiger partial charge in [0.1, 0.15) is 17.7 Å². The Morgan fingerprint density at radius 2 is 1.52 bits per heavy atom. The summed E-state index contributed by atoms with van der Waals surface area (Å²) in [6.07, 6.45) is 6.85. The summed E-state index contributed by atoms with van der Waals surface area (Å²) in [5.74, 6) is -0.670. The largest absolute Gasteiger partial charge is 0.347 e. The molecule has 40 heavy (non-hydrogen) atoms. The fourth-order valence-corrected chi connectivity index (χ4v) is 4.69. The molecule has 6 nitrogen and oxygen atoms in total. The normalized spacial score (nSPS) is 14.4. The highest BCUT2D eigenvalue weighted by Crippen LogP contribution is 2.35. The SMILES string of the molecule is C[C@H](NC(=O)C(c1cccnc1)N(C(=O)/C(C#N)=C/C1CC1)c1ccc(-c2ccccc2)cc1)c1ccccc1. The number of pyridine rings is 1. The van der Waals surface area contributed by atoms with Gasteiger partial charge in [0.15, 0.2) is 0 Å². The lowest BCUT2D eigenvalue weighted by molar-refractivity contribution is -0.126. The number of aromatic nitrogens is 1. The topological polar surface area (TPSA) is 86.1 Å². The zero-order valence-corrected chi connectivity index (χ0v) is 22.3. The van der Waals surface area contributed by atoms with Crippen molar-refractivity contribution in [3.05, 3.63) is 132 Å². The van der Waals surface area contributed by atoms with Crippen LogP contribution in [0.4, 0.5) is 5.69 Å². The van der Waals surface area contributed by atoms with E-state index in [2.05, 4.69) is 16.4 Å². The highest BCUT2D eigenvalue weighted by Gasteiger charge is 2.36. The number of nitrogens with zero attached hydrogens (tertiary/aromatic N) is 3. The van der Waals surface area contributed by atoms with Crippen molar-refractivity contribution in [3.8, 4) is 17.2 Å². The minimum Gasteiger partial charge on any atom is -0.347 e. The second-order valence-electron chi connectivity index (χ2n) is 9.95. The van der Waals surface area contributed by atoms with E-state index in [0.29, 0.717) is 11.3 Å². The Kier molecular flexibility index (Phi) is 8.13. The molecule has 1 fully saturated rings. The van der Waals surface area contributed by atoms with Gasteiger partial charge >= 0.3 is 0 Å². The lowest BCUT2D eigenvalue weighted by atomic mass is 10.0. The minimum absolute atomic E-state index is 0.0347. The molecule has 0 aliphatic heterocycles. The molecule has 4 aromatic rings. The first-order valence-electron chi connectivity index (χ1n) is 13.4. The number of hydrogen-bond acceptors (Lipinski definition) is 4. The summed E-state index contributed by atoms with van der Waals surface area (Å²) in [4.78, 5) is 33.8. The number of allylic oxidation sites excluding steroid dienone is 1. The van der Waals surface area contributed by atoms with Crippen molar-refractivity contribution in [2.24, 2.45) is 5.92 Å². The first kappa shape index (κ1) is 26.6. The minimum atomic E-state index is -1.05. The van der Waals surface area contributed by atoms with Gasteiger partial charge in [0.25, 0.3) is 5.91 Å². The molecule has 5 rings (SSSR count). The number of carbonyl (C=O) groups excluding carboxylic acids is 2. The third-order valence-corrected chi connectivity index (χ3v) is 7.01. The van der Waals surface area contributed by atoms with Crippen LogP contribution in [0.25, 0.3) is 11.1 Å². The molecule has 198 valence electrons. The summed E-state index contributed by atoms with van der Waals surface area (Å²) in [5.41, 5.74) is 4.05. The molecule has 2 atom stereocenters. The van der Waals surface area contributed by atoms with Gasteiger partial charge < -0.3 is 5.32 Å². The van der Waals surface area contributed by atoms with Gasteiger partial charge in [-0.25, -0.2) is 0 Å². The lowest BCUT2D eigenvalue weighted by Gasteiger charge is -2.32. The van der Waals surface area contributed by atoms with Gasteiger partial charge in [0.2, 0.25) is 5.91 Å². The van der Waals surface area contributed by atoms with Crippen LogP contribution < -0.4 is 10.2 Å². The third kappa shape index (κ3) is 6.16. The van der Waals surface area contributed by atoms with Crippen molar-refractivity contribution in [2.45, 2.75) is 31.8 Å². The predicted octanol–water partition coefficient (Wildman–Crippen LogP) is 6.56. The van der Waals surface area contributed by atoms with Crippen molar-refractivity contribution < 1.29 is 9.59 Å². The molecule has 0 spiro atoms. The number of nitrogens with one attached hydrogen (secondary N) is 1. The first-order valence-corrected chi connectivity index (χ1v) is 13.4. The molecule has 0 radical (unpaired) electrons. The number of hydrogen-bond donors (Lipinski definition) is 1. The summed E-state index contributed by atoms with van der Waals surface area (Å²) in [7, 11) is 0. The van der Waals surface area contributed by atoms with Crippen LogP contribution in [-0.2, 0) is 9.59 Å². The molecule has 1 saturated carbocycles. The van der Waals surface area contributed by atoms with Crippen molar-refractivity contribution in [1.29, 1.82) is 5.26 Å². The standard InChI is InChI=1S/C34H30N4O2/c1-24(26-9-4-2-5-10-26)37-33(39)32(29-13-8-20-36-23-29)38(34(40)30(22-35)21-25-14-15-25)31-18-16-28(17-19-31)27-11-6-3-7-12-27/h2-13,16-21,23-25,32H,14-15H2,1H3,(H,37,39)/b30-21+/t24-,32?/m0/s1. The van der Waals surface area contributed by atoms with Gasteiger partial charge in [-0.1, -0.05) is 84.9 Å². The zero-order valence-electron chi connectivity index (χ0n) is 22.3. The van der Waals surface area contributed by atoms with Crippen molar-refractivity contribution >= 4 is 17.5 Å². The van der Waals surface area contributed by atoms with Crippen LogP contribution in [0.3, 0.4) is 0 Å². The second kappa shape index (κ2) is 12.2. The molecule has 1 aliphatic rings. The van der Waals surface area contributed by atoms with E-state index < -0.39 is 11.9 Å². The molecule has 0 saturated heterocycles. The van der Waals surface area contributed by atoms with Crippen LogP contribution in [0.5, 0.6) is 0 Å². The fourth-order valence-electron chi connectivity index (χ4n) is 4.69. The molecule has 6 heteroatoms. The van der Waals surface area contributed by atoms with Gasteiger partial charge in [-0.15, -0.1) is 0 Å². The summed E-state index contributed by atoms with van der Waals surface area (Å²) in [6, 6.07) is 31.3. The first-order chi connectivity index (χ1) is 19.5. The highest BCUT2D eigenvalue weighted by atomic mass is 16.2. The van der Waals surface area contributed by atoms with Gasteiger partial charge in [0.05, 0.1) is 6.04 Å². The van der Waals surface area contributed by atoms with Gasteiger partial charge in [-0.3, -0.25) is 19.5 Å². The van der Waals surface area contributed by atoms with Crippen LogP contribution in [0, 0.1) is 17.2 Å². The van der Waals surface area contributed by atoms with Gasteiger partial charge in [-0.05, 0) is 60.6 Å². The van der Waals surface area contributed by atoms with E-state index >= 15 is 0 Å². The Morgan fingerprint density at radius 3 is 2.12 bits per heavy atom. The van der Waals surface area contributed by atoms with E-state index in [1.165, 1.54) is 4.90 Å². The maximum Gasteiger partial charge on any atom is 0.269 e. The van der Waals surface area contributed by atoms with Crippen LogP contribution in [0.15, 0.2) is 121 Å². The van der Waals surface area contributed by atoms with E-state index in [-0.39, 0.29) is 23.4 Å². The Balaban J connectivity index is 1.58. The summed E-state index contributed by atoms with van der Waals surface area (Å²) in [5, 5.41) is 13.1. The molecule has 3 aromatic carbocycles. The molecule has 1 aromatic heterocycles. The number of carbonyl (C=O) groups is 2. The molecule has 1 heterocycles. The third-order valence-electron chi connectivity index (χ3n) is 7.01. The second-order valence-corrected chi connectivity index (χ2v) is 9.95. The van der Waals surface area contributed by atoms with Gasteiger partial charge in [0, 0.05) is 23.6 Å². The Morgan fingerprint density at radius 1 is 0.900 bits per heavy atom. The Hall–Kier alpha value is -5.02. The van der Waals surface area contributed by atoms with E-state index in [1.807, 2.05) is 91.9 Å². The van der Waals surface area contributed by atoms with Crippen LogP contribution in [0.1, 0.15) is 43.0 Å². The monoisotopic (exact) mass is 526 g/mol. The van der Waals surface area contributed by atoms with E-state index in [9.17, 15) is 14.9 Å². The predicted molar refractivity (Wildman–Crippen MR) is 156 cm³/mol. The average molecular weight is 527 g/mol. The molecular formula is C34H30N4O2. The van der Waals surface area contributed by atoms with E-state index in [1.54, 1.807) is 30.6 Å². The smallest absolute Gasteiger partial charge is 0.269 e. The molecule has 0 bridgehead atoms. The van der Waals surface area contributed by atoms with Gasteiger partial charge in [-0.2, -0.15) is 5.26 Å². The van der Waals surface area contributed by atoms with Crippen LogP contribution in [-0.4, -0.2) is 16.8 Å². The highest BCUT2D eigenvalue weighted by molar-refractivity contribution is 6.12. The van der Waals surface area contributed by atoms with Crippen molar-refractivity contribution in [3.63, 3.8) is 0 Å². The van der Waals surface area contributed by atoms with E-state index in [0.717, 1.165) is 29.5 Å². The van der Waals surface area contributed by atoms with Crippen molar-refractivity contribution in [2.75, 3.05) is 4.90 Å². The van der Waals surface area contributed by atoms with Crippen LogP contribution >= 0.6 is 0 Å². The summed E-state index contributed by atoms with van der Waals surface area (Å²) >= 11 is 0. The number of anilines is 1. The molecule has 1 aliphatic carbocycles. The van der Waals surface area contributed by atoms with E-state index in [4.69, 9.17) is 0 Å². The fraction of sp³-hybridized carbons (Fsp3) is 0.176. The Bertz CT molecular complexity index is 1520. The summed E-state index contributed by atoms with van der Waals surface area (Å²) < 4.78 is 0. The average Bonchev–Trinajstić information content (AvgIpc) is 3.84. The zero-order chi connectivity index (χ0) is 27.9. The maximum atomic E-state index is 14.1. The number of benzene rings is 3. The van der Waals surface area contributed by atoms with Crippen LogP contribution in [0.2, 0.25) is 0 Å². The number of amides is 2. The Labute approximate surface area is 234 Å². The van der Waals surface area contributed by atoms with Crippen molar-refractivity contribution in [1.82, 2.24) is 10.3 Å². The quantitative estimate of drug-likeness (QED) is 0.198. The number of rotatable bonds is 9. The number of nitriles is 1. The molecular weight excluding hydrogens is 496 g/mol. The molecule has 1 N–H and O–H groups in total. The lowest BCUT2D eigenvalue weighted by Crippen LogP contribution is -2.45. The molecule has 2 amide bonds. The summed E-state index contributed by atoms with van der Waals surface area (Å²) in [6.45, 7) is 1.90.